The topological polar surface area (TPSA) is 18.5 Å². The fraction of sp³-hybridized carbons (Fsp3) is 0.429. The predicted molar refractivity (Wildman–Crippen MR) is 96.7 cm³/mol. The third-order valence-electron chi connectivity index (χ3n) is 4.47. The molecule has 0 N–H and O–H groups in total. The number of hydrogen-bond acceptors (Lipinski definition) is 2. The lowest BCUT2D eigenvalue weighted by atomic mass is 9.88. The van der Waals surface area contributed by atoms with Gasteiger partial charge in [-0.05, 0) is 67.0 Å². The van der Waals surface area contributed by atoms with Gasteiger partial charge in [-0.15, -0.1) is 0 Å². The first-order valence-corrected chi connectivity index (χ1v) is 8.45. The molecule has 0 aliphatic heterocycles. The Morgan fingerprint density at radius 3 is 2.22 bits per heavy atom. The van der Waals surface area contributed by atoms with Crippen LogP contribution in [0.25, 0.3) is 0 Å². The Morgan fingerprint density at radius 1 is 0.913 bits per heavy atom. The second-order valence-electron chi connectivity index (χ2n) is 6.10. The molecular formula is C21H28O2. The molecule has 2 aromatic rings. The lowest BCUT2D eigenvalue weighted by Crippen LogP contribution is -2.01. The highest BCUT2D eigenvalue weighted by molar-refractivity contribution is 5.36. The number of benzene rings is 2. The normalized spacial score (nSPS) is 12.0. The molecule has 0 amide bonds. The Labute approximate surface area is 140 Å². The van der Waals surface area contributed by atoms with E-state index in [1.165, 1.54) is 36.0 Å². The fourth-order valence-electron chi connectivity index (χ4n) is 3.14. The van der Waals surface area contributed by atoms with Crippen molar-refractivity contribution >= 4 is 0 Å². The van der Waals surface area contributed by atoms with Crippen LogP contribution in [0.5, 0.6) is 11.5 Å². The molecule has 124 valence electrons. The smallest absolute Gasteiger partial charge is 0.121 e. The number of hydrogen-bond donors (Lipinski definition) is 0. The van der Waals surface area contributed by atoms with Crippen LogP contribution in [0.2, 0.25) is 0 Å². The number of aryl methyl sites for hydroxylation is 2. The minimum absolute atomic E-state index is 0.605. The maximum Gasteiger partial charge on any atom is 0.121 e. The van der Waals surface area contributed by atoms with Gasteiger partial charge in [0.2, 0.25) is 0 Å². The van der Waals surface area contributed by atoms with E-state index >= 15 is 0 Å². The molecule has 0 aliphatic carbocycles. The summed E-state index contributed by atoms with van der Waals surface area (Å²) in [6.07, 6.45) is 4.70. The summed E-state index contributed by atoms with van der Waals surface area (Å²) in [5, 5.41) is 0. The van der Waals surface area contributed by atoms with Crippen molar-refractivity contribution in [2.45, 2.75) is 45.4 Å². The predicted octanol–water partition coefficient (Wildman–Crippen LogP) is 5.53. The van der Waals surface area contributed by atoms with Gasteiger partial charge in [0, 0.05) is 0 Å². The average Bonchev–Trinajstić information content (AvgIpc) is 2.59. The second kappa shape index (κ2) is 8.61. The standard InChI is InChI=1S/C21H28O2/c1-5-6-18(19-10-12-20(22-3)13-11-19)9-7-17-8-14-21(23-4)16(2)15-17/h8,10-15,18H,5-7,9H2,1-4H3. The minimum Gasteiger partial charge on any atom is -0.497 e. The minimum atomic E-state index is 0.605. The van der Waals surface area contributed by atoms with Crippen LogP contribution in [0.1, 0.15) is 48.8 Å². The first-order valence-electron chi connectivity index (χ1n) is 8.45. The molecule has 23 heavy (non-hydrogen) atoms. The Balaban J connectivity index is 2.05. The zero-order valence-electron chi connectivity index (χ0n) is 14.8. The third-order valence-corrected chi connectivity index (χ3v) is 4.47. The van der Waals surface area contributed by atoms with Crippen molar-refractivity contribution in [3.05, 3.63) is 59.2 Å². The third kappa shape index (κ3) is 4.75. The Hall–Kier alpha value is -1.96. The molecule has 0 heterocycles. The average molecular weight is 312 g/mol. The highest BCUT2D eigenvalue weighted by Crippen LogP contribution is 2.29. The molecule has 2 aromatic carbocycles. The number of ether oxygens (including phenoxy) is 2. The molecule has 2 nitrogen and oxygen atoms in total. The van der Waals surface area contributed by atoms with E-state index in [4.69, 9.17) is 9.47 Å². The van der Waals surface area contributed by atoms with E-state index in [9.17, 15) is 0 Å². The van der Waals surface area contributed by atoms with Gasteiger partial charge in [-0.25, -0.2) is 0 Å². The van der Waals surface area contributed by atoms with Gasteiger partial charge >= 0.3 is 0 Å². The van der Waals surface area contributed by atoms with Crippen LogP contribution in [0.4, 0.5) is 0 Å². The molecule has 0 spiro atoms. The van der Waals surface area contributed by atoms with Crippen molar-refractivity contribution in [2.24, 2.45) is 0 Å². The second-order valence-corrected chi connectivity index (χ2v) is 6.10. The summed E-state index contributed by atoms with van der Waals surface area (Å²) in [7, 11) is 3.44. The zero-order chi connectivity index (χ0) is 16.7. The molecule has 0 radical (unpaired) electrons. The van der Waals surface area contributed by atoms with E-state index in [0.29, 0.717) is 5.92 Å². The molecule has 2 heteroatoms. The lowest BCUT2D eigenvalue weighted by molar-refractivity contribution is 0.411. The van der Waals surface area contributed by atoms with Crippen molar-refractivity contribution in [3.63, 3.8) is 0 Å². The lowest BCUT2D eigenvalue weighted by Gasteiger charge is -2.17. The van der Waals surface area contributed by atoms with Gasteiger partial charge in [-0.2, -0.15) is 0 Å². The summed E-state index contributed by atoms with van der Waals surface area (Å²) in [6, 6.07) is 15.0. The molecule has 1 unspecified atom stereocenters. The van der Waals surface area contributed by atoms with E-state index in [2.05, 4.69) is 56.3 Å². The van der Waals surface area contributed by atoms with E-state index < -0.39 is 0 Å². The van der Waals surface area contributed by atoms with Gasteiger partial charge in [0.25, 0.3) is 0 Å². The molecule has 0 fully saturated rings. The maximum atomic E-state index is 5.34. The molecule has 0 saturated carbocycles. The highest BCUT2D eigenvalue weighted by Gasteiger charge is 2.11. The monoisotopic (exact) mass is 312 g/mol. The quantitative estimate of drug-likeness (QED) is 0.638. The number of methoxy groups -OCH3 is 2. The maximum absolute atomic E-state index is 5.34. The van der Waals surface area contributed by atoms with Crippen LogP contribution in [0.3, 0.4) is 0 Å². The van der Waals surface area contributed by atoms with Gasteiger partial charge in [-0.1, -0.05) is 37.6 Å². The Kier molecular flexibility index (Phi) is 6.52. The summed E-state index contributed by atoms with van der Waals surface area (Å²) in [5.41, 5.74) is 4.01. The summed E-state index contributed by atoms with van der Waals surface area (Å²) in [5.74, 6) is 2.50. The summed E-state index contributed by atoms with van der Waals surface area (Å²) in [4.78, 5) is 0. The van der Waals surface area contributed by atoms with Crippen molar-refractivity contribution < 1.29 is 9.47 Å². The van der Waals surface area contributed by atoms with Crippen molar-refractivity contribution in [2.75, 3.05) is 14.2 Å². The SMILES string of the molecule is CCCC(CCc1ccc(OC)c(C)c1)c1ccc(OC)cc1. The van der Waals surface area contributed by atoms with Crippen molar-refractivity contribution in [1.29, 1.82) is 0 Å². The first kappa shape index (κ1) is 17.4. The fourth-order valence-corrected chi connectivity index (χ4v) is 3.14. The first-order chi connectivity index (χ1) is 11.2. The molecule has 0 bridgehead atoms. The van der Waals surface area contributed by atoms with Crippen LogP contribution >= 0.6 is 0 Å². The molecule has 1 atom stereocenters. The van der Waals surface area contributed by atoms with Gasteiger partial charge in [0.05, 0.1) is 14.2 Å². The molecule has 2 rings (SSSR count). The molecule has 0 aromatic heterocycles. The van der Waals surface area contributed by atoms with Crippen LogP contribution in [-0.2, 0) is 6.42 Å². The van der Waals surface area contributed by atoms with Gasteiger partial charge in [0.1, 0.15) is 11.5 Å². The van der Waals surface area contributed by atoms with E-state index in [1.54, 1.807) is 14.2 Å². The van der Waals surface area contributed by atoms with Crippen LogP contribution in [0, 0.1) is 6.92 Å². The van der Waals surface area contributed by atoms with Crippen LogP contribution < -0.4 is 9.47 Å². The van der Waals surface area contributed by atoms with Crippen molar-refractivity contribution in [3.8, 4) is 11.5 Å². The van der Waals surface area contributed by atoms with Crippen LogP contribution in [0.15, 0.2) is 42.5 Å². The summed E-state index contributed by atoms with van der Waals surface area (Å²) in [6.45, 7) is 4.36. The summed E-state index contributed by atoms with van der Waals surface area (Å²) < 4.78 is 10.6. The molecular weight excluding hydrogens is 284 g/mol. The van der Waals surface area contributed by atoms with Crippen molar-refractivity contribution in [1.82, 2.24) is 0 Å². The van der Waals surface area contributed by atoms with E-state index in [0.717, 1.165) is 17.9 Å². The Bertz CT molecular complexity index is 602. The Morgan fingerprint density at radius 2 is 1.65 bits per heavy atom. The largest absolute Gasteiger partial charge is 0.497 e. The molecule has 0 saturated heterocycles. The van der Waals surface area contributed by atoms with Gasteiger partial charge in [0.15, 0.2) is 0 Å². The zero-order valence-corrected chi connectivity index (χ0v) is 14.8. The molecule has 0 aliphatic rings. The summed E-state index contributed by atoms with van der Waals surface area (Å²) >= 11 is 0. The van der Waals surface area contributed by atoms with Gasteiger partial charge in [-0.3, -0.25) is 0 Å². The highest BCUT2D eigenvalue weighted by atomic mass is 16.5. The number of rotatable bonds is 8. The van der Waals surface area contributed by atoms with E-state index in [-0.39, 0.29) is 0 Å². The van der Waals surface area contributed by atoms with Gasteiger partial charge < -0.3 is 9.47 Å². The van der Waals surface area contributed by atoms with Crippen LogP contribution in [-0.4, -0.2) is 14.2 Å². The van der Waals surface area contributed by atoms with E-state index in [1.807, 2.05) is 0 Å².